The number of sulfone groups is 1. The molecule has 6 heteroatoms. The van der Waals surface area contributed by atoms with Crippen molar-refractivity contribution < 1.29 is 17.9 Å². The van der Waals surface area contributed by atoms with Crippen molar-refractivity contribution in [3.8, 4) is 0 Å². The van der Waals surface area contributed by atoms with Crippen LogP contribution in [-0.4, -0.2) is 33.3 Å². The second kappa shape index (κ2) is 5.30. The van der Waals surface area contributed by atoms with Crippen LogP contribution in [0.25, 0.3) is 0 Å². The molecule has 1 aromatic carbocycles. The summed E-state index contributed by atoms with van der Waals surface area (Å²) in [6, 6.07) is 4.66. The van der Waals surface area contributed by atoms with Crippen LogP contribution in [0, 0.1) is 6.92 Å². The fourth-order valence-corrected chi connectivity index (χ4v) is 2.71. The molecule has 1 saturated heterocycles. The molecule has 104 valence electrons. The molecule has 19 heavy (non-hydrogen) atoms. The lowest BCUT2D eigenvalue weighted by Gasteiger charge is -2.13. The maximum Gasteiger partial charge on any atom is 0.253 e. The van der Waals surface area contributed by atoms with E-state index in [9.17, 15) is 13.2 Å². The van der Waals surface area contributed by atoms with Crippen LogP contribution in [0.5, 0.6) is 0 Å². The van der Waals surface area contributed by atoms with Gasteiger partial charge in [-0.3, -0.25) is 4.79 Å². The summed E-state index contributed by atoms with van der Waals surface area (Å²) in [6.07, 6.45) is 2.39. The Morgan fingerprint density at radius 3 is 2.68 bits per heavy atom. The smallest absolute Gasteiger partial charge is 0.253 e. The number of amides is 1. The van der Waals surface area contributed by atoms with E-state index >= 15 is 0 Å². The number of carbonyl (C=O) groups is 1. The topological polar surface area (TPSA) is 72.5 Å². The molecule has 0 aliphatic carbocycles. The zero-order valence-corrected chi connectivity index (χ0v) is 11.8. The van der Waals surface area contributed by atoms with E-state index in [4.69, 9.17) is 4.74 Å². The first-order valence-corrected chi connectivity index (χ1v) is 8.00. The molecule has 1 unspecified atom stereocenters. The summed E-state index contributed by atoms with van der Waals surface area (Å²) in [7, 11) is -3.22. The molecule has 5 nitrogen and oxygen atoms in total. The average Bonchev–Trinajstić information content (AvgIpc) is 2.84. The van der Waals surface area contributed by atoms with Crippen LogP contribution in [0.15, 0.2) is 23.1 Å². The lowest BCUT2D eigenvalue weighted by molar-refractivity contribution is -0.124. The molecule has 0 aromatic heterocycles. The Morgan fingerprint density at radius 1 is 1.42 bits per heavy atom. The predicted octanol–water partition coefficient (Wildman–Crippen LogP) is 1.52. The molecule has 1 aliphatic heterocycles. The van der Waals surface area contributed by atoms with Crippen LogP contribution in [0.2, 0.25) is 0 Å². The molecule has 1 amide bonds. The lowest BCUT2D eigenvalue weighted by Crippen LogP contribution is -2.27. The molecule has 2 rings (SSSR count). The van der Waals surface area contributed by atoms with Crippen LogP contribution in [0.4, 0.5) is 5.69 Å². The van der Waals surface area contributed by atoms with Crippen LogP contribution in [-0.2, 0) is 19.4 Å². The Kier molecular flexibility index (Phi) is 3.91. The number of benzene rings is 1. The number of rotatable bonds is 3. The van der Waals surface area contributed by atoms with E-state index in [1.54, 1.807) is 19.1 Å². The quantitative estimate of drug-likeness (QED) is 0.912. The summed E-state index contributed by atoms with van der Waals surface area (Å²) in [5.74, 6) is -0.173. The van der Waals surface area contributed by atoms with E-state index in [1.165, 1.54) is 6.07 Å². The third-order valence-electron chi connectivity index (χ3n) is 3.11. The van der Waals surface area contributed by atoms with Gasteiger partial charge < -0.3 is 10.1 Å². The molecule has 1 fully saturated rings. The molecule has 1 heterocycles. The monoisotopic (exact) mass is 283 g/mol. The van der Waals surface area contributed by atoms with Crippen LogP contribution in [0.3, 0.4) is 0 Å². The largest absolute Gasteiger partial charge is 0.368 e. The number of ether oxygens (including phenoxy) is 1. The number of hydrogen-bond donors (Lipinski definition) is 1. The average molecular weight is 283 g/mol. The van der Waals surface area contributed by atoms with Crippen LogP contribution in [0.1, 0.15) is 18.4 Å². The van der Waals surface area contributed by atoms with Crippen molar-refractivity contribution in [1.82, 2.24) is 0 Å². The van der Waals surface area contributed by atoms with Gasteiger partial charge in [-0.25, -0.2) is 8.42 Å². The highest BCUT2D eigenvalue weighted by molar-refractivity contribution is 7.90. The summed E-state index contributed by atoms with van der Waals surface area (Å²) in [5, 5.41) is 2.77. The standard InChI is InChI=1S/C13H17NO4S/c1-9-8-10(19(2,16)17)5-6-11(9)14-13(15)12-4-3-7-18-12/h5-6,8,12H,3-4,7H2,1-2H3,(H,14,15). The second-order valence-corrected chi connectivity index (χ2v) is 6.76. The van der Waals surface area contributed by atoms with Gasteiger partial charge >= 0.3 is 0 Å². The van der Waals surface area contributed by atoms with Gasteiger partial charge in [0.25, 0.3) is 5.91 Å². The summed E-state index contributed by atoms with van der Waals surface area (Å²) < 4.78 is 28.1. The molecular weight excluding hydrogens is 266 g/mol. The maximum absolute atomic E-state index is 11.9. The van der Waals surface area contributed by atoms with E-state index in [0.29, 0.717) is 17.9 Å². The van der Waals surface area contributed by atoms with E-state index in [0.717, 1.165) is 19.1 Å². The van der Waals surface area contributed by atoms with Crippen molar-refractivity contribution in [2.24, 2.45) is 0 Å². The third-order valence-corrected chi connectivity index (χ3v) is 4.22. The number of anilines is 1. The SMILES string of the molecule is Cc1cc(S(C)(=O)=O)ccc1NC(=O)C1CCCO1. The van der Waals surface area contributed by atoms with E-state index in [-0.39, 0.29) is 10.8 Å². The van der Waals surface area contributed by atoms with Gasteiger partial charge in [0.15, 0.2) is 9.84 Å². The molecule has 0 radical (unpaired) electrons. The van der Waals surface area contributed by atoms with Gasteiger partial charge in [0, 0.05) is 18.6 Å². The first-order valence-electron chi connectivity index (χ1n) is 6.11. The molecule has 0 saturated carbocycles. The molecular formula is C13H17NO4S. The van der Waals surface area contributed by atoms with Gasteiger partial charge in [-0.2, -0.15) is 0 Å². The van der Waals surface area contributed by atoms with Crippen molar-refractivity contribution in [1.29, 1.82) is 0 Å². The van der Waals surface area contributed by atoms with Crippen LogP contribution < -0.4 is 5.32 Å². The third kappa shape index (κ3) is 3.33. The fraction of sp³-hybridized carbons (Fsp3) is 0.462. The van der Waals surface area contributed by atoms with E-state index in [1.807, 2.05) is 0 Å². The summed E-state index contributed by atoms with van der Waals surface area (Å²) >= 11 is 0. The molecule has 1 aromatic rings. The fourth-order valence-electron chi connectivity index (χ4n) is 2.00. The van der Waals surface area contributed by atoms with Crippen molar-refractivity contribution in [2.75, 3.05) is 18.2 Å². The summed E-state index contributed by atoms with van der Waals surface area (Å²) in [4.78, 5) is 12.1. The highest BCUT2D eigenvalue weighted by Crippen LogP contribution is 2.21. The van der Waals surface area contributed by atoms with E-state index < -0.39 is 15.9 Å². The normalized spacial score (nSPS) is 19.4. The highest BCUT2D eigenvalue weighted by atomic mass is 32.2. The van der Waals surface area contributed by atoms with Crippen molar-refractivity contribution in [2.45, 2.75) is 30.8 Å². The zero-order chi connectivity index (χ0) is 14.0. The Bertz CT molecular complexity index is 589. The molecule has 1 atom stereocenters. The predicted molar refractivity (Wildman–Crippen MR) is 71.9 cm³/mol. The maximum atomic E-state index is 11.9. The zero-order valence-electron chi connectivity index (χ0n) is 11.0. The molecule has 1 N–H and O–H groups in total. The van der Waals surface area contributed by atoms with Gasteiger partial charge in [-0.1, -0.05) is 0 Å². The van der Waals surface area contributed by atoms with Gasteiger partial charge in [0.1, 0.15) is 6.10 Å². The number of aryl methyl sites for hydroxylation is 1. The van der Waals surface area contributed by atoms with E-state index in [2.05, 4.69) is 5.32 Å². The van der Waals surface area contributed by atoms with Gasteiger partial charge in [0.05, 0.1) is 4.90 Å². The van der Waals surface area contributed by atoms with Crippen molar-refractivity contribution in [3.05, 3.63) is 23.8 Å². The van der Waals surface area contributed by atoms with Gasteiger partial charge in [-0.05, 0) is 43.5 Å². The van der Waals surface area contributed by atoms with Gasteiger partial charge in [0.2, 0.25) is 0 Å². The van der Waals surface area contributed by atoms with Crippen molar-refractivity contribution in [3.63, 3.8) is 0 Å². The Morgan fingerprint density at radius 2 is 2.16 bits per heavy atom. The highest BCUT2D eigenvalue weighted by Gasteiger charge is 2.24. The second-order valence-electron chi connectivity index (χ2n) is 4.74. The Labute approximate surface area is 112 Å². The van der Waals surface area contributed by atoms with Gasteiger partial charge in [-0.15, -0.1) is 0 Å². The molecule has 0 bridgehead atoms. The summed E-state index contributed by atoms with van der Waals surface area (Å²) in [5.41, 5.74) is 1.34. The number of carbonyl (C=O) groups excluding carboxylic acids is 1. The number of nitrogens with one attached hydrogen (secondary N) is 1. The number of hydrogen-bond acceptors (Lipinski definition) is 4. The minimum Gasteiger partial charge on any atom is -0.368 e. The first-order chi connectivity index (χ1) is 8.88. The lowest BCUT2D eigenvalue weighted by atomic mass is 10.2. The Balaban J connectivity index is 2.15. The molecule has 0 spiro atoms. The minimum atomic E-state index is -3.22. The first kappa shape index (κ1) is 14.0. The minimum absolute atomic E-state index is 0.173. The van der Waals surface area contributed by atoms with Crippen molar-refractivity contribution >= 4 is 21.4 Å². The van der Waals surface area contributed by atoms with Crippen LogP contribution >= 0.6 is 0 Å². The molecule has 1 aliphatic rings. The Hall–Kier alpha value is -1.40. The summed E-state index contributed by atoms with van der Waals surface area (Å²) in [6.45, 7) is 2.38.